The molecular weight excluding hydrogens is 1810 g/mol. The Morgan fingerprint density at radius 2 is 0.448 bits per heavy atom. The third kappa shape index (κ3) is 21.0. The smallest absolute Gasteiger partial charge is 0.266 e. The first kappa shape index (κ1) is 99.4. The lowest BCUT2D eigenvalue weighted by molar-refractivity contribution is 0.466. The van der Waals surface area contributed by atoms with Crippen LogP contribution in [0.5, 0.6) is 23.0 Å². The van der Waals surface area contributed by atoms with E-state index in [2.05, 4.69) is 24.9 Å². The highest BCUT2D eigenvalue weighted by atomic mass is 16.3. The first-order valence-electron chi connectivity index (χ1n) is 46.9. The third-order valence-electron chi connectivity index (χ3n) is 25.1. The van der Waals surface area contributed by atoms with E-state index in [1.807, 2.05) is 272 Å². The van der Waals surface area contributed by atoms with Crippen molar-refractivity contribution in [3.63, 3.8) is 0 Å². The molecule has 0 aliphatic carbocycles. The van der Waals surface area contributed by atoms with Crippen molar-refractivity contribution in [1.29, 1.82) is 0 Å². The predicted octanol–water partition coefficient (Wildman–Crippen LogP) is 22.5. The molecule has 0 aliphatic heterocycles. The van der Waals surface area contributed by atoms with Gasteiger partial charge in [0.1, 0.15) is 69.2 Å². The Hall–Kier alpha value is -18.7. The molecule has 0 fully saturated rings. The van der Waals surface area contributed by atoms with E-state index >= 15 is 0 Å². The second kappa shape index (κ2) is 43.4. The fourth-order valence-corrected chi connectivity index (χ4v) is 17.5. The standard InChI is InChI=1S/5C24H21N3O2/c1-15-7-6-8-16(2)22(15)27-21(12-11-18-14-25-13-17(3)23(18)28)26-20-10-5-4-9-19(20)24(27)29;1-15-7-6-8-16(2)22(15)27-21(12-11-18-13-14-25-17(3)23(18)28)26-20-10-5-4-9-19(20)24(27)29;3*1-15-7-6-8-16(2)22(15)27-21(12-11-20-23(28)17(3)13-14-25-20)26-19-10-5-4-9-18(19)24(27)29/h4-14H,1-3H3,(H,25,28);4*4-14,28H,1-3H3/b5*12-11+. The second-order valence-electron chi connectivity index (χ2n) is 35.3. The summed E-state index contributed by atoms with van der Waals surface area (Å²) in [7, 11) is 0. The van der Waals surface area contributed by atoms with Crippen molar-refractivity contribution in [3.05, 3.63) is 477 Å². The molecule has 10 aromatic carbocycles. The molecule has 0 bridgehead atoms. The minimum Gasteiger partial charge on any atom is -0.505 e. The monoisotopic (exact) mass is 1920 g/mol. The van der Waals surface area contributed by atoms with Crippen LogP contribution in [-0.4, -0.2) is 93.1 Å². The molecule has 720 valence electrons. The number of para-hydroxylation sites is 10. The number of hydrogen-bond acceptors (Lipinski definition) is 19. The second-order valence-corrected chi connectivity index (χ2v) is 35.3. The summed E-state index contributed by atoms with van der Waals surface area (Å²) < 4.78 is 8.19. The lowest BCUT2D eigenvalue weighted by Gasteiger charge is -2.16. The average molecular weight is 1920 g/mol. The molecule has 20 aromatic rings. The number of benzene rings is 10. The fraction of sp³-hybridized carbons (Fsp3) is 0.125. The number of fused-ring (bicyclic) bond motifs is 5. The van der Waals surface area contributed by atoms with Gasteiger partial charge in [-0.1, -0.05) is 152 Å². The van der Waals surface area contributed by atoms with Gasteiger partial charge in [-0.3, -0.25) is 71.5 Å². The minimum absolute atomic E-state index is 0.0539. The van der Waals surface area contributed by atoms with Crippen LogP contribution >= 0.6 is 0 Å². The number of aromatic nitrogens is 15. The molecule has 0 unspecified atom stereocenters. The Balaban J connectivity index is 0.000000130. The van der Waals surface area contributed by atoms with E-state index in [1.165, 1.54) is 0 Å². The number of rotatable bonds is 15. The van der Waals surface area contributed by atoms with Crippen LogP contribution in [0.3, 0.4) is 0 Å². The van der Waals surface area contributed by atoms with Gasteiger partial charge in [0.2, 0.25) is 0 Å². The number of aromatic amines is 1. The molecule has 10 aromatic heterocycles. The summed E-state index contributed by atoms with van der Waals surface area (Å²) in [6, 6.07) is 73.1. The molecule has 0 radical (unpaired) electrons. The zero-order valence-corrected chi connectivity index (χ0v) is 82.8. The van der Waals surface area contributed by atoms with Crippen LogP contribution < -0.4 is 33.2 Å². The van der Waals surface area contributed by atoms with Gasteiger partial charge in [0, 0.05) is 53.9 Å². The van der Waals surface area contributed by atoms with E-state index in [1.54, 1.807) is 189 Å². The van der Waals surface area contributed by atoms with Crippen LogP contribution in [0.1, 0.15) is 141 Å². The largest absolute Gasteiger partial charge is 0.505 e. The molecule has 0 atom stereocenters. The van der Waals surface area contributed by atoms with Gasteiger partial charge in [0.25, 0.3) is 27.8 Å². The molecule has 10 heterocycles. The SMILES string of the molecule is Cc1cccc(C)c1-n1c(/C=C/c2c[nH]cc(C)c2=O)nc2ccccc2c1=O.Cc1cccc(C)c1-n1c(/C=C/c2ccnc(C)c2O)nc2ccccc2c1=O.Cc1ccnc(/C=C/c2nc3ccccc3c(=O)n2-c2c(C)cccc2C)c1O.Cc1ccnc(/C=C/c2nc3ccccc3c(=O)n2-c2c(C)cccc2C)c1O.Cc1ccnc(/C=C/c2nc3ccccc3c(=O)n2-c2c(C)cccc2C)c1O. The quantitative estimate of drug-likeness (QED) is 0.0636. The lowest BCUT2D eigenvalue weighted by atomic mass is 10.1. The van der Waals surface area contributed by atoms with E-state index in [4.69, 9.17) is 24.9 Å². The van der Waals surface area contributed by atoms with E-state index < -0.39 is 0 Å². The summed E-state index contributed by atoms with van der Waals surface area (Å²) in [5, 5.41) is 43.9. The van der Waals surface area contributed by atoms with Crippen molar-refractivity contribution >= 4 is 115 Å². The van der Waals surface area contributed by atoms with E-state index in [-0.39, 0.29) is 56.2 Å². The molecular formula is C120H105N15O10. The first-order chi connectivity index (χ1) is 69.8. The van der Waals surface area contributed by atoms with Crippen molar-refractivity contribution in [3.8, 4) is 51.4 Å². The van der Waals surface area contributed by atoms with E-state index in [0.29, 0.717) is 123 Å². The fourth-order valence-electron chi connectivity index (χ4n) is 17.5. The maximum atomic E-state index is 13.4. The number of H-pyrrole nitrogens is 1. The Morgan fingerprint density at radius 3 is 0.703 bits per heavy atom. The Morgan fingerprint density at radius 1 is 0.221 bits per heavy atom. The van der Waals surface area contributed by atoms with Gasteiger partial charge in [0.15, 0.2) is 5.43 Å². The summed E-state index contributed by atoms with van der Waals surface area (Å²) in [5.41, 5.74) is 22.2. The van der Waals surface area contributed by atoms with Crippen LogP contribution in [0.4, 0.5) is 0 Å². The number of nitrogens with one attached hydrogen (secondary N) is 1. The average Bonchev–Trinajstić information content (AvgIpc) is 0.777. The molecule has 0 aliphatic rings. The number of pyridine rings is 5. The normalized spacial score (nSPS) is 11.4. The zero-order chi connectivity index (χ0) is 103. The molecule has 0 amide bonds. The highest BCUT2D eigenvalue weighted by molar-refractivity contribution is 5.87. The minimum atomic E-state index is -0.134. The Labute approximate surface area is 835 Å². The molecule has 0 spiro atoms. The van der Waals surface area contributed by atoms with E-state index in [9.17, 15) is 49.2 Å². The van der Waals surface area contributed by atoms with Gasteiger partial charge in [-0.15, -0.1) is 0 Å². The summed E-state index contributed by atoms with van der Waals surface area (Å²) >= 11 is 0. The van der Waals surface area contributed by atoms with Crippen molar-refractivity contribution in [2.45, 2.75) is 104 Å². The van der Waals surface area contributed by atoms with Crippen molar-refractivity contribution < 1.29 is 20.4 Å². The molecule has 0 saturated carbocycles. The summed E-state index contributed by atoms with van der Waals surface area (Å²) in [6.07, 6.45) is 27.0. The summed E-state index contributed by atoms with van der Waals surface area (Å²) in [4.78, 5) is 123. The highest BCUT2D eigenvalue weighted by Gasteiger charge is 2.23. The van der Waals surface area contributed by atoms with Gasteiger partial charge >= 0.3 is 0 Å². The Bertz CT molecular complexity index is 8140. The third-order valence-corrected chi connectivity index (χ3v) is 25.1. The maximum Gasteiger partial charge on any atom is 0.266 e. The molecule has 0 saturated heterocycles. The highest BCUT2D eigenvalue weighted by Crippen LogP contribution is 2.33. The van der Waals surface area contributed by atoms with Gasteiger partial charge in [0.05, 0.1) is 88.6 Å². The van der Waals surface area contributed by atoms with Crippen LogP contribution in [0.25, 0.3) is 144 Å². The van der Waals surface area contributed by atoms with Crippen LogP contribution in [0.2, 0.25) is 0 Å². The molecule has 25 heteroatoms. The van der Waals surface area contributed by atoms with Gasteiger partial charge < -0.3 is 25.4 Å². The molecule has 25 nitrogen and oxygen atoms in total. The molecule has 145 heavy (non-hydrogen) atoms. The number of aromatic hydroxyl groups is 4. The topological polar surface area (TPSA) is 340 Å². The zero-order valence-electron chi connectivity index (χ0n) is 82.8. The van der Waals surface area contributed by atoms with Crippen molar-refractivity contribution in [2.75, 3.05) is 0 Å². The lowest BCUT2D eigenvalue weighted by Crippen LogP contribution is -2.24. The van der Waals surface area contributed by atoms with Gasteiger partial charge in [-0.05, 0) is 322 Å². The predicted molar refractivity (Wildman–Crippen MR) is 583 cm³/mol. The van der Waals surface area contributed by atoms with Crippen molar-refractivity contribution in [1.82, 2.24) is 72.7 Å². The molecule has 20 rings (SSSR count). The van der Waals surface area contributed by atoms with Gasteiger partial charge in [-0.25, -0.2) is 24.9 Å². The molecule has 5 N–H and O–H groups in total. The van der Waals surface area contributed by atoms with E-state index in [0.717, 1.165) is 101 Å². The van der Waals surface area contributed by atoms with Gasteiger partial charge in [-0.2, -0.15) is 0 Å². The summed E-state index contributed by atoms with van der Waals surface area (Å²) in [6.45, 7) is 28.7. The maximum absolute atomic E-state index is 13.4. The van der Waals surface area contributed by atoms with Crippen LogP contribution in [0, 0.1) is 104 Å². The Kier molecular flexibility index (Phi) is 29.7. The summed E-state index contributed by atoms with van der Waals surface area (Å²) in [5.74, 6) is 2.88. The number of nitrogens with zero attached hydrogens (tertiary/aromatic N) is 14. The number of hydrogen-bond donors (Lipinski definition) is 5. The first-order valence-corrected chi connectivity index (χ1v) is 46.9. The number of aryl methyl sites for hydroxylation is 15. The van der Waals surface area contributed by atoms with Crippen LogP contribution in [0.15, 0.2) is 303 Å². The van der Waals surface area contributed by atoms with Crippen LogP contribution in [-0.2, 0) is 0 Å². The van der Waals surface area contributed by atoms with Crippen molar-refractivity contribution in [2.24, 2.45) is 0 Å².